The number of nitrogens with zero attached hydrogens (tertiary/aromatic N) is 2. The third kappa shape index (κ3) is 2.26. The molecule has 0 amide bonds. The fourth-order valence-corrected chi connectivity index (χ4v) is 8.02. The minimum Gasteiger partial charge on any atom is -0.467 e. The third-order valence-corrected chi connectivity index (χ3v) is 8.75. The van der Waals surface area contributed by atoms with E-state index >= 15 is 0 Å². The fraction of sp³-hybridized carbons (Fsp3) is 0.667. The van der Waals surface area contributed by atoms with Gasteiger partial charge in [-0.05, 0) is 50.4 Å². The molecule has 1 aromatic rings. The zero-order chi connectivity index (χ0) is 22.2. The summed E-state index contributed by atoms with van der Waals surface area (Å²) in [5.41, 5.74) is -0.762. The van der Waals surface area contributed by atoms with Crippen LogP contribution in [0.2, 0.25) is 0 Å². The first kappa shape index (κ1) is 20.8. The van der Waals surface area contributed by atoms with E-state index in [4.69, 9.17) is 9.47 Å². The van der Waals surface area contributed by atoms with E-state index in [-0.39, 0.29) is 6.04 Å². The van der Waals surface area contributed by atoms with Crippen molar-refractivity contribution in [3.8, 4) is 0 Å². The SMILES string of the molecule is CC[C@]12CCCN3CC[C@@]4(c5ccccc5N(C)[C@H]4[C@@](O)(C(=O)OC)[C@H]1OC(C)=O)[C@@H]32. The first-order valence-electron chi connectivity index (χ1n) is 11.3. The summed E-state index contributed by atoms with van der Waals surface area (Å²) in [6.45, 7) is 5.32. The van der Waals surface area contributed by atoms with E-state index in [1.165, 1.54) is 19.6 Å². The number of ether oxygens (including phenoxy) is 2. The van der Waals surface area contributed by atoms with Crippen molar-refractivity contribution in [2.45, 2.75) is 68.7 Å². The Labute approximate surface area is 183 Å². The van der Waals surface area contributed by atoms with Crippen LogP contribution in [-0.2, 0) is 24.5 Å². The normalized spacial score (nSPS) is 40.7. The van der Waals surface area contributed by atoms with Crippen LogP contribution in [-0.4, -0.2) is 73.0 Å². The molecular formula is C24H32N2O5. The molecule has 1 aliphatic carbocycles. The molecule has 5 rings (SSSR count). The molecule has 0 bridgehead atoms. The maximum Gasteiger partial charge on any atom is 0.344 e. The number of carbonyl (C=O) groups excluding carboxylic acids is 2. The number of benzene rings is 1. The largest absolute Gasteiger partial charge is 0.467 e. The molecule has 4 aliphatic rings. The van der Waals surface area contributed by atoms with Gasteiger partial charge in [0, 0.05) is 36.5 Å². The minimum absolute atomic E-state index is 0.0733. The Morgan fingerprint density at radius 2 is 1.94 bits per heavy atom. The van der Waals surface area contributed by atoms with Crippen LogP contribution in [0, 0.1) is 5.41 Å². The first-order valence-corrected chi connectivity index (χ1v) is 11.3. The van der Waals surface area contributed by atoms with Crippen LogP contribution in [0.1, 0.15) is 45.1 Å². The quantitative estimate of drug-likeness (QED) is 0.736. The van der Waals surface area contributed by atoms with Crippen molar-refractivity contribution in [2.24, 2.45) is 5.41 Å². The fourth-order valence-electron chi connectivity index (χ4n) is 8.02. The molecular weight excluding hydrogens is 396 g/mol. The number of hydrogen-bond acceptors (Lipinski definition) is 7. The molecule has 1 saturated carbocycles. The van der Waals surface area contributed by atoms with Crippen LogP contribution < -0.4 is 4.90 Å². The Morgan fingerprint density at radius 1 is 1.19 bits per heavy atom. The number of aliphatic hydroxyl groups is 1. The van der Waals surface area contributed by atoms with Crippen molar-refractivity contribution in [3.63, 3.8) is 0 Å². The molecule has 1 aromatic carbocycles. The summed E-state index contributed by atoms with van der Waals surface area (Å²) in [5, 5.41) is 12.4. The molecule has 3 heterocycles. The number of rotatable bonds is 3. The van der Waals surface area contributed by atoms with Crippen molar-refractivity contribution < 1.29 is 24.2 Å². The Balaban J connectivity index is 1.85. The third-order valence-electron chi connectivity index (χ3n) is 8.75. The summed E-state index contributed by atoms with van der Waals surface area (Å²) in [6, 6.07) is 7.73. The van der Waals surface area contributed by atoms with Crippen LogP contribution in [0.25, 0.3) is 0 Å². The summed E-state index contributed by atoms with van der Waals surface area (Å²) in [5.74, 6) is -1.21. The summed E-state index contributed by atoms with van der Waals surface area (Å²) in [6.07, 6.45) is 2.30. The van der Waals surface area contributed by atoms with Crippen LogP contribution in [0.5, 0.6) is 0 Å². The van der Waals surface area contributed by atoms with Crippen LogP contribution in [0.15, 0.2) is 24.3 Å². The van der Waals surface area contributed by atoms with Crippen LogP contribution in [0.3, 0.4) is 0 Å². The number of esters is 2. The summed E-state index contributed by atoms with van der Waals surface area (Å²) in [7, 11) is 3.23. The van der Waals surface area contributed by atoms with Crippen molar-refractivity contribution in [1.29, 1.82) is 0 Å². The van der Waals surface area contributed by atoms with Gasteiger partial charge in [-0.15, -0.1) is 0 Å². The zero-order valence-corrected chi connectivity index (χ0v) is 18.8. The van der Waals surface area contributed by atoms with Gasteiger partial charge in [-0.25, -0.2) is 4.79 Å². The van der Waals surface area contributed by atoms with Gasteiger partial charge in [-0.1, -0.05) is 25.1 Å². The number of para-hydroxylation sites is 1. The summed E-state index contributed by atoms with van der Waals surface area (Å²) < 4.78 is 11.1. The van der Waals surface area contributed by atoms with Crippen molar-refractivity contribution in [1.82, 2.24) is 4.90 Å². The van der Waals surface area contributed by atoms with Gasteiger partial charge < -0.3 is 19.5 Å². The van der Waals surface area contributed by atoms with Gasteiger partial charge in [0.05, 0.1) is 13.2 Å². The van der Waals surface area contributed by atoms with Crippen LogP contribution in [0.4, 0.5) is 5.69 Å². The number of likely N-dealkylation sites (N-methyl/N-ethyl adjacent to an activating group) is 1. The predicted molar refractivity (Wildman–Crippen MR) is 115 cm³/mol. The maximum atomic E-state index is 13.4. The van der Waals surface area contributed by atoms with E-state index in [1.807, 2.05) is 24.1 Å². The predicted octanol–water partition coefficient (Wildman–Crippen LogP) is 1.86. The molecule has 1 spiro atoms. The molecule has 3 fully saturated rings. The van der Waals surface area contributed by atoms with E-state index in [0.717, 1.165) is 38.0 Å². The number of piperidine rings is 1. The van der Waals surface area contributed by atoms with E-state index in [9.17, 15) is 14.7 Å². The number of fused-ring (bicyclic) bond motifs is 1. The highest BCUT2D eigenvalue weighted by atomic mass is 16.6. The second-order valence-corrected chi connectivity index (χ2v) is 9.76. The Morgan fingerprint density at radius 3 is 2.61 bits per heavy atom. The number of anilines is 1. The molecule has 6 atom stereocenters. The topological polar surface area (TPSA) is 79.3 Å². The molecule has 2 saturated heterocycles. The average Bonchev–Trinajstić information content (AvgIpc) is 3.28. The van der Waals surface area contributed by atoms with Gasteiger partial charge in [0.25, 0.3) is 0 Å². The van der Waals surface area contributed by atoms with Crippen molar-refractivity contribution >= 4 is 17.6 Å². The smallest absolute Gasteiger partial charge is 0.344 e. The second kappa shape index (κ2) is 6.69. The lowest BCUT2D eigenvalue weighted by Gasteiger charge is -2.65. The molecule has 3 aliphatic heterocycles. The van der Waals surface area contributed by atoms with Crippen molar-refractivity contribution in [3.05, 3.63) is 29.8 Å². The first-order chi connectivity index (χ1) is 14.8. The lowest BCUT2D eigenvalue weighted by molar-refractivity contribution is -0.242. The van der Waals surface area contributed by atoms with E-state index < -0.39 is 40.5 Å². The average molecular weight is 429 g/mol. The monoisotopic (exact) mass is 428 g/mol. The molecule has 0 unspecified atom stereocenters. The molecule has 0 radical (unpaired) electrons. The van der Waals surface area contributed by atoms with Crippen LogP contribution >= 0.6 is 0 Å². The molecule has 31 heavy (non-hydrogen) atoms. The Bertz CT molecular complexity index is 936. The van der Waals surface area contributed by atoms with Crippen molar-refractivity contribution in [2.75, 3.05) is 32.1 Å². The van der Waals surface area contributed by atoms with E-state index in [2.05, 4.69) is 24.0 Å². The lowest BCUT2D eigenvalue weighted by Crippen LogP contribution is -2.82. The van der Waals surface area contributed by atoms with Gasteiger partial charge in [0.1, 0.15) is 0 Å². The highest BCUT2D eigenvalue weighted by Crippen LogP contribution is 2.68. The Hall–Kier alpha value is -2.12. The summed E-state index contributed by atoms with van der Waals surface area (Å²) >= 11 is 0. The number of carbonyl (C=O) groups is 2. The summed E-state index contributed by atoms with van der Waals surface area (Å²) in [4.78, 5) is 30.3. The van der Waals surface area contributed by atoms with Gasteiger partial charge >= 0.3 is 11.9 Å². The maximum absolute atomic E-state index is 13.4. The molecule has 7 nitrogen and oxygen atoms in total. The molecule has 168 valence electrons. The number of hydrogen-bond donors (Lipinski definition) is 1. The van der Waals surface area contributed by atoms with Gasteiger partial charge in [-0.2, -0.15) is 0 Å². The van der Waals surface area contributed by atoms with E-state index in [1.54, 1.807) is 0 Å². The zero-order valence-electron chi connectivity index (χ0n) is 18.8. The highest BCUT2D eigenvalue weighted by molar-refractivity contribution is 5.86. The highest BCUT2D eigenvalue weighted by Gasteiger charge is 2.80. The standard InChI is InChI=1S/C24H32N2O5/c1-5-22-11-8-13-26-14-12-23(18(22)26)16-9-6-7-10-17(16)25(3)19(23)24(29,21(28)30-4)20(22)31-15(2)27/h6-7,9-10,18-20,29H,5,8,11-14H2,1-4H3/t18-,19+,20-,22+,23+,24-/m0/s1. The van der Waals surface area contributed by atoms with E-state index in [0.29, 0.717) is 6.42 Å². The Kier molecular flexibility index (Phi) is 4.48. The number of methoxy groups -OCH3 is 1. The second-order valence-electron chi connectivity index (χ2n) is 9.76. The lowest BCUT2D eigenvalue weighted by atomic mass is 9.46. The van der Waals surface area contributed by atoms with Gasteiger partial charge in [0.15, 0.2) is 6.10 Å². The van der Waals surface area contributed by atoms with Gasteiger partial charge in [-0.3, -0.25) is 9.69 Å². The minimum atomic E-state index is -1.98. The van der Waals surface area contributed by atoms with Gasteiger partial charge in [0.2, 0.25) is 5.60 Å². The molecule has 0 aromatic heterocycles. The molecule has 7 heteroatoms. The molecule has 1 N–H and O–H groups in total.